The fourth-order valence-electron chi connectivity index (χ4n) is 1.50. The summed E-state index contributed by atoms with van der Waals surface area (Å²) < 4.78 is 6.94. The summed E-state index contributed by atoms with van der Waals surface area (Å²) in [4.78, 5) is 15.0. The van der Waals surface area contributed by atoms with E-state index in [1.807, 2.05) is 18.3 Å². The van der Waals surface area contributed by atoms with Gasteiger partial charge in [0, 0.05) is 12.4 Å². The van der Waals surface area contributed by atoms with Gasteiger partial charge in [0.1, 0.15) is 0 Å². The average molecular weight is 205 g/mol. The molecule has 2 aromatic heterocycles. The zero-order chi connectivity index (χ0) is 10.8. The maximum atomic E-state index is 10.8. The van der Waals surface area contributed by atoms with Crippen LogP contribution in [0.4, 0.5) is 0 Å². The molecular weight excluding hydrogens is 194 g/mol. The van der Waals surface area contributed by atoms with Crippen molar-refractivity contribution in [1.29, 1.82) is 0 Å². The molecule has 2 rings (SSSR count). The van der Waals surface area contributed by atoms with Gasteiger partial charge in [-0.2, -0.15) is 0 Å². The Morgan fingerprint density at radius 2 is 2.47 bits per heavy atom. The Kier molecular flexibility index (Phi) is 2.29. The molecule has 0 aromatic carbocycles. The number of imidazole rings is 1. The lowest BCUT2D eigenvalue weighted by atomic mass is 10.3. The van der Waals surface area contributed by atoms with Crippen molar-refractivity contribution in [2.24, 2.45) is 5.73 Å². The Morgan fingerprint density at radius 3 is 3.13 bits per heavy atom. The number of hydrogen-bond donors (Lipinski definition) is 1. The van der Waals surface area contributed by atoms with Gasteiger partial charge in [0.25, 0.3) is 0 Å². The van der Waals surface area contributed by atoms with E-state index >= 15 is 0 Å². The van der Waals surface area contributed by atoms with Crippen LogP contribution in [0.2, 0.25) is 0 Å². The van der Waals surface area contributed by atoms with Crippen molar-refractivity contribution >= 4 is 11.6 Å². The smallest absolute Gasteiger partial charge is 0.223 e. The number of primary amides is 1. The first-order valence-electron chi connectivity index (χ1n) is 4.49. The summed E-state index contributed by atoms with van der Waals surface area (Å²) in [6.45, 7) is 0. The van der Waals surface area contributed by atoms with Crippen LogP contribution >= 0.6 is 0 Å². The quantitative estimate of drug-likeness (QED) is 0.787. The van der Waals surface area contributed by atoms with E-state index in [4.69, 9.17) is 10.5 Å². The van der Waals surface area contributed by atoms with Crippen molar-refractivity contribution in [3.05, 3.63) is 30.2 Å². The highest BCUT2D eigenvalue weighted by molar-refractivity contribution is 5.76. The molecule has 0 unspecified atom stereocenters. The van der Waals surface area contributed by atoms with Crippen LogP contribution in [-0.2, 0) is 11.2 Å². The van der Waals surface area contributed by atoms with Gasteiger partial charge in [0.05, 0.1) is 19.2 Å². The van der Waals surface area contributed by atoms with Gasteiger partial charge in [0.15, 0.2) is 11.4 Å². The number of nitrogens with zero attached hydrogens (tertiary/aromatic N) is 2. The van der Waals surface area contributed by atoms with Crippen LogP contribution in [0, 0.1) is 0 Å². The normalized spacial score (nSPS) is 10.5. The molecule has 0 saturated carbocycles. The van der Waals surface area contributed by atoms with Crippen molar-refractivity contribution in [2.45, 2.75) is 6.42 Å². The first-order chi connectivity index (χ1) is 7.22. The number of carbonyl (C=O) groups excluding carboxylic acids is 1. The first-order valence-corrected chi connectivity index (χ1v) is 4.49. The molecule has 0 aliphatic carbocycles. The van der Waals surface area contributed by atoms with Crippen molar-refractivity contribution in [2.75, 3.05) is 7.11 Å². The second kappa shape index (κ2) is 3.61. The van der Waals surface area contributed by atoms with Crippen LogP contribution < -0.4 is 10.5 Å². The number of ether oxygens (including phenoxy) is 1. The summed E-state index contributed by atoms with van der Waals surface area (Å²) in [5, 5.41) is 0. The minimum absolute atomic E-state index is 0.175. The molecule has 0 atom stereocenters. The van der Waals surface area contributed by atoms with Crippen LogP contribution in [0.3, 0.4) is 0 Å². The van der Waals surface area contributed by atoms with Gasteiger partial charge in [-0.15, -0.1) is 0 Å². The van der Waals surface area contributed by atoms with Gasteiger partial charge in [-0.1, -0.05) is 0 Å². The molecule has 78 valence electrons. The average Bonchev–Trinajstić information content (AvgIpc) is 2.61. The van der Waals surface area contributed by atoms with E-state index in [9.17, 15) is 4.79 Å². The zero-order valence-corrected chi connectivity index (χ0v) is 8.30. The standard InChI is InChI=1S/C10H11N3O2/c1-15-8-3-2-4-13-7(5-9(11)14)6-12-10(8)13/h2-4,6H,5H2,1H3,(H2,11,14). The van der Waals surface area contributed by atoms with Crippen LogP contribution in [0.1, 0.15) is 5.69 Å². The van der Waals surface area contributed by atoms with E-state index in [-0.39, 0.29) is 12.3 Å². The molecule has 15 heavy (non-hydrogen) atoms. The number of fused-ring (bicyclic) bond motifs is 1. The van der Waals surface area contributed by atoms with Crippen LogP contribution in [-0.4, -0.2) is 22.4 Å². The topological polar surface area (TPSA) is 69.6 Å². The summed E-state index contributed by atoms with van der Waals surface area (Å²) in [6.07, 6.45) is 3.63. The SMILES string of the molecule is COc1cccn2c(CC(N)=O)cnc12. The molecule has 0 radical (unpaired) electrons. The third-order valence-electron chi connectivity index (χ3n) is 2.15. The van der Waals surface area contributed by atoms with Gasteiger partial charge in [-0.25, -0.2) is 4.98 Å². The molecule has 5 heteroatoms. The zero-order valence-electron chi connectivity index (χ0n) is 8.30. The summed E-state index contributed by atoms with van der Waals surface area (Å²) in [6, 6.07) is 3.65. The van der Waals surface area contributed by atoms with Crippen LogP contribution in [0.15, 0.2) is 24.5 Å². The highest BCUT2D eigenvalue weighted by atomic mass is 16.5. The Hall–Kier alpha value is -2.04. The fraction of sp³-hybridized carbons (Fsp3) is 0.200. The molecule has 5 nitrogen and oxygen atoms in total. The molecular formula is C10H11N3O2. The van der Waals surface area contributed by atoms with E-state index in [2.05, 4.69) is 4.98 Å². The lowest BCUT2D eigenvalue weighted by molar-refractivity contribution is -0.117. The summed E-state index contributed by atoms with van der Waals surface area (Å²) in [7, 11) is 1.58. The molecule has 2 aromatic rings. The van der Waals surface area contributed by atoms with E-state index in [0.717, 1.165) is 5.69 Å². The number of aromatic nitrogens is 2. The van der Waals surface area contributed by atoms with Crippen LogP contribution in [0.5, 0.6) is 5.75 Å². The summed E-state index contributed by atoms with van der Waals surface area (Å²) in [5.74, 6) is 0.299. The molecule has 0 saturated heterocycles. The van der Waals surface area contributed by atoms with Gasteiger partial charge in [-0.05, 0) is 12.1 Å². The van der Waals surface area contributed by atoms with Crippen molar-refractivity contribution < 1.29 is 9.53 Å². The summed E-state index contributed by atoms with van der Waals surface area (Å²) in [5.41, 5.74) is 6.59. The number of methoxy groups -OCH3 is 1. The molecule has 0 bridgehead atoms. The van der Waals surface area contributed by atoms with Crippen molar-refractivity contribution in [3.8, 4) is 5.75 Å². The Bertz CT molecular complexity index is 504. The first kappa shape index (κ1) is 9.51. The molecule has 2 N–H and O–H groups in total. The maximum absolute atomic E-state index is 10.8. The predicted molar refractivity (Wildman–Crippen MR) is 54.6 cm³/mol. The van der Waals surface area contributed by atoms with Crippen molar-refractivity contribution in [1.82, 2.24) is 9.38 Å². The number of nitrogens with two attached hydrogens (primary N) is 1. The highest BCUT2D eigenvalue weighted by Gasteiger charge is 2.08. The van der Waals surface area contributed by atoms with Gasteiger partial charge < -0.3 is 14.9 Å². The van der Waals surface area contributed by atoms with E-state index in [1.165, 1.54) is 0 Å². The number of amides is 1. The molecule has 1 amide bonds. The highest BCUT2D eigenvalue weighted by Crippen LogP contribution is 2.18. The third-order valence-corrected chi connectivity index (χ3v) is 2.15. The van der Waals surface area contributed by atoms with Gasteiger partial charge in [0.2, 0.25) is 5.91 Å². The Labute approximate surface area is 86.5 Å². The fourth-order valence-corrected chi connectivity index (χ4v) is 1.50. The number of rotatable bonds is 3. The maximum Gasteiger partial charge on any atom is 0.223 e. The van der Waals surface area contributed by atoms with Gasteiger partial charge >= 0.3 is 0 Å². The van der Waals surface area contributed by atoms with Crippen LogP contribution in [0.25, 0.3) is 5.65 Å². The summed E-state index contributed by atoms with van der Waals surface area (Å²) >= 11 is 0. The van der Waals surface area contributed by atoms with E-state index in [1.54, 1.807) is 17.7 Å². The van der Waals surface area contributed by atoms with Gasteiger partial charge in [-0.3, -0.25) is 4.79 Å². The number of pyridine rings is 1. The largest absolute Gasteiger partial charge is 0.493 e. The number of hydrogen-bond acceptors (Lipinski definition) is 3. The number of carbonyl (C=O) groups is 1. The predicted octanol–water partition coefficient (Wildman–Crippen LogP) is 0.371. The third kappa shape index (κ3) is 1.63. The molecule has 0 spiro atoms. The van der Waals surface area contributed by atoms with E-state index < -0.39 is 0 Å². The second-order valence-electron chi connectivity index (χ2n) is 3.16. The van der Waals surface area contributed by atoms with Crippen molar-refractivity contribution in [3.63, 3.8) is 0 Å². The molecule has 2 heterocycles. The molecule has 0 aliphatic rings. The monoisotopic (exact) mass is 205 g/mol. The minimum atomic E-state index is -0.375. The molecule has 0 fully saturated rings. The van der Waals surface area contributed by atoms with E-state index in [0.29, 0.717) is 11.4 Å². The molecule has 0 aliphatic heterocycles. The lowest BCUT2D eigenvalue weighted by Gasteiger charge is -2.02. The lowest BCUT2D eigenvalue weighted by Crippen LogP contribution is -2.14. The minimum Gasteiger partial charge on any atom is -0.493 e. The Morgan fingerprint density at radius 1 is 1.67 bits per heavy atom. The second-order valence-corrected chi connectivity index (χ2v) is 3.16. The Balaban J connectivity index is 2.55.